The number of halogens is 1. The largest absolute Gasteiger partial charge is 0.496 e. The minimum atomic E-state index is 0.181. The predicted octanol–water partition coefficient (Wildman–Crippen LogP) is 4.62. The molecule has 0 bridgehead atoms. The third-order valence-corrected chi connectivity index (χ3v) is 4.90. The van der Waals surface area contributed by atoms with Crippen LogP contribution in [0.3, 0.4) is 0 Å². The molecule has 0 N–H and O–H groups in total. The zero-order valence-corrected chi connectivity index (χ0v) is 13.2. The van der Waals surface area contributed by atoms with E-state index in [2.05, 4.69) is 47.1 Å². The van der Waals surface area contributed by atoms with Crippen molar-refractivity contribution in [1.82, 2.24) is 0 Å². The molecule has 0 saturated carbocycles. The van der Waals surface area contributed by atoms with Gasteiger partial charge < -0.3 is 9.47 Å². The molecule has 0 amide bonds. The molecule has 2 aromatic carbocycles. The summed E-state index contributed by atoms with van der Waals surface area (Å²) in [4.78, 5) is 0.181. The lowest BCUT2D eigenvalue weighted by Gasteiger charge is -2.20. The Balaban J connectivity index is 1.98. The van der Waals surface area contributed by atoms with Crippen LogP contribution >= 0.6 is 15.9 Å². The Kier molecular flexibility index (Phi) is 3.70. The Labute approximate surface area is 127 Å². The molecule has 0 aliphatic carbocycles. The number of rotatable bonds is 3. The second kappa shape index (κ2) is 5.49. The van der Waals surface area contributed by atoms with Gasteiger partial charge >= 0.3 is 0 Å². The lowest BCUT2D eigenvalue weighted by atomic mass is 9.92. The first-order chi connectivity index (χ1) is 9.70. The van der Waals surface area contributed by atoms with Crippen molar-refractivity contribution in [2.24, 2.45) is 0 Å². The van der Waals surface area contributed by atoms with Crippen molar-refractivity contribution in [2.45, 2.75) is 17.7 Å². The zero-order chi connectivity index (χ0) is 14.1. The minimum Gasteiger partial charge on any atom is -0.496 e. The van der Waals surface area contributed by atoms with Crippen LogP contribution in [0.5, 0.6) is 11.5 Å². The lowest BCUT2D eigenvalue weighted by Crippen LogP contribution is -2.09. The van der Waals surface area contributed by atoms with Gasteiger partial charge in [0, 0.05) is 17.0 Å². The summed E-state index contributed by atoms with van der Waals surface area (Å²) < 4.78 is 11.3. The van der Waals surface area contributed by atoms with Gasteiger partial charge in [0.25, 0.3) is 0 Å². The second-order valence-corrected chi connectivity index (χ2v) is 6.09. The molecule has 2 nitrogen and oxygen atoms in total. The van der Waals surface area contributed by atoms with Crippen LogP contribution in [-0.2, 0) is 0 Å². The average Bonchev–Trinajstić information content (AvgIpc) is 2.90. The average molecular weight is 333 g/mol. The van der Waals surface area contributed by atoms with E-state index >= 15 is 0 Å². The molecule has 0 spiro atoms. The number of aryl methyl sites for hydroxylation is 1. The van der Waals surface area contributed by atoms with Gasteiger partial charge in [0.15, 0.2) is 0 Å². The van der Waals surface area contributed by atoms with Gasteiger partial charge in [-0.05, 0) is 19.1 Å². The molecule has 0 aromatic heterocycles. The first kappa shape index (κ1) is 13.5. The van der Waals surface area contributed by atoms with E-state index < -0.39 is 0 Å². The summed E-state index contributed by atoms with van der Waals surface area (Å²) in [5.74, 6) is 2.22. The van der Waals surface area contributed by atoms with Gasteiger partial charge in [-0.2, -0.15) is 0 Å². The minimum absolute atomic E-state index is 0.181. The molecule has 0 fully saturated rings. The Hall–Kier alpha value is -1.48. The van der Waals surface area contributed by atoms with E-state index in [0.717, 1.165) is 11.5 Å². The summed E-state index contributed by atoms with van der Waals surface area (Å²) in [5.41, 5.74) is 3.67. The third kappa shape index (κ3) is 2.31. The number of para-hydroxylation sites is 1. The van der Waals surface area contributed by atoms with Crippen LogP contribution in [-0.4, -0.2) is 13.7 Å². The van der Waals surface area contributed by atoms with Crippen LogP contribution in [0.4, 0.5) is 0 Å². The monoisotopic (exact) mass is 332 g/mol. The van der Waals surface area contributed by atoms with Gasteiger partial charge in [0.05, 0.1) is 18.5 Å². The highest BCUT2D eigenvalue weighted by molar-refractivity contribution is 9.09. The molecule has 2 atom stereocenters. The number of alkyl halides is 1. The maximum absolute atomic E-state index is 5.79. The number of hydrogen-bond donors (Lipinski definition) is 0. The molecule has 0 saturated heterocycles. The van der Waals surface area contributed by atoms with Gasteiger partial charge in [-0.25, -0.2) is 0 Å². The fourth-order valence-corrected chi connectivity index (χ4v) is 3.51. The number of hydrogen-bond acceptors (Lipinski definition) is 2. The van der Waals surface area contributed by atoms with Gasteiger partial charge in [0.2, 0.25) is 0 Å². The highest BCUT2D eigenvalue weighted by atomic mass is 79.9. The molecule has 3 heteroatoms. The van der Waals surface area contributed by atoms with Gasteiger partial charge in [0.1, 0.15) is 11.5 Å². The maximum atomic E-state index is 5.79. The van der Waals surface area contributed by atoms with Crippen LogP contribution in [0.25, 0.3) is 0 Å². The first-order valence-corrected chi connectivity index (χ1v) is 7.62. The molecule has 1 heterocycles. The molecule has 2 aromatic rings. The predicted molar refractivity (Wildman–Crippen MR) is 84.1 cm³/mol. The molecule has 0 radical (unpaired) electrons. The molecule has 104 valence electrons. The smallest absolute Gasteiger partial charge is 0.123 e. The van der Waals surface area contributed by atoms with Crippen LogP contribution in [0.15, 0.2) is 42.5 Å². The quantitative estimate of drug-likeness (QED) is 0.764. The van der Waals surface area contributed by atoms with E-state index in [1.807, 2.05) is 18.2 Å². The summed E-state index contributed by atoms with van der Waals surface area (Å²) in [7, 11) is 1.72. The Bertz CT molecular complexity index is 624. The second-order valence-electron chi connectivity index (χ2n) is 5.10. The molecule has 1 aliphatic heterocycles. The third-order valence-electron chi connectivity index (χ3n) is 3.77. The molecule has 20 heavy (non-hydrogen) atoms. The van der Waals surface area contributed by atoms with E-state index in [4.69, 9.17) is 9.47 Å². The van der Waals surface area contributed by atoms with E-state index in [-0.39, 0.29) is 4.83 Å². The Morgan fingerprint density at radius 2 is 2.05 bits per heavy atom. The van der Waals surface area contributed by atoms with Crippen molar-refractivity contribution in [1.29, 1.82) is 0 Å². The summed E-state index contributed by atoms with van der Waals surface area (Å²) >= 11 is 3.85. The molecule has 3 rings (SSSR count). The highest BCUT2D eigenvalue weighted by Gasteiger charge is 2.32. The lowest BCUT2D eigenvalue weighted by molar-refractivity contribution is 0.328. The fourth-order valence-electron chi connectivity index (χ4n) is 2.72. The number of fused-ring (bicyclic) bond motifs is 1. The summed E-state index contributed by atoms with van der Waals surface area (Å²) in [6.45, 7) is 2.80. The SMILES string of the molecule is COc1ccc(C)cc1C(Br)C1COc2ccccc21. The van der Waals surface area contributed by atoms with Crippen LogP contribution in [0.2, 0.25) is 0 Å². The first-order valence-electron chi connectivity index (χ1n) is 6.71. The number of methoxy groups -OCH3 is 1. The Morgan fingerprint density at radius 3 is 2.85 bits per heavy atom. The summed E-state index contributed by atoms with van der Waals surface area (Å²) in [6, 6.07) is 14.5. The normalized spacial score (nSPS) is 18.2. The van der Waals surface area contributed by atoms with Crippen molar-refractivity contribution < 1.29 is 9.47 Å². The van der Waals surface area contributed by atoms with E-state index in [9.17, 15) is 0 Å². The van der Waals surface area contributed by atoms with Crippen molar-refractivity contribution in [3.05, 3.63) is 59.2 Å². The standard InChI is InChI=1S/C17H17BrO2/c1-11-7-8-15(19-2)13(9-11)17(18)14-10-20-16-6-4-3-5-12(14)16/h3-9,14,17H,10H2,1-2H3. The van der Waals surface area contributed by atoms with E-state index in [1.54, 1.807) is 7.11 Å². The van der Waals surface area contributed by atoms with Crippen LogP contribution in [0, 0.1) is 6.92 Å². The topological polar surface area (TPSA) is 18.5 Å². The van der Waals surface area contributed by atoms with Gasteiger partial charge in [-0.3, -0.25) is 0 Å². The van der Waals surface area contributed by atoms with Gasteiger partial charge in [-0.15, -0.1) is 0 Å². The van der Waals surface area contributed by atoms with Crippen LogP contribution < -0.4 is 9.47 Å². The van der Waals surface area contributed by atoms with E-state index in [1.165, 1.54) is 16.7 Å². The molecule has 1 aliphatic rings. The molecule has 2 unspecified atom stereocenters. The van der Waals surface area contributed by atoms with Crippen molar-refractivity contribution >= 4 is 15.9 Å². The number of benzene rings is 2. The summed E-state index contributed by atoms with van der Waals surface area (Å²) in [5, 5.41) is 0. The molecular formula is C17H17BrO2. The van der Waals surface area contributed by atoms with E-state index in [0.29, 0.717) is 12.5 Å². The van der Waals surface area contributed by atoms with Crippen molar-refractivity contribution in [3.8, 4) is 11.5 Å². The zero-order valence-electron chi connectivity index (χ0n) is 11.6. The Morgan fingerprint density at radius 1 is 1.25 bits per heavy atom. The van der Waals surface area contributed by atoms with Crippen LogP contribution in [0.1, 0.15) is 27.4 Å². The maximum Gasteiger partial charge on any atom is 0.123 e. The van der Waals surface area contributed by atoms with Crippen molar-refractivity contribution in [2.75, 3.05) is 13.7 Å². The fraction of sp³-hybridized carbons (Fsp3) is 0.294. The van der Waals surface area contributed by atoms with Gasteiger partial charge in [-0.1, -0.05) is 51.8 Å². The summed E-state index contributed by atoms with van der Waals surface area (Å²) in [6.07, 6.45) is 0. The number of ether oxygens (including phenoxy) is 2. The van der Waals surface area contributed by atoms with Crippen molar-refractivity contribution in [3.63, 3.8) is 0 Å². The highest BCUT2D eigenvalue weighted by Crippen LogP contribution is 2.47. The molecular weight excluding hydrogens is 316 g/mol.